The monoisotopic (exact) mass is 630 g/mol. The molecule has 2 amide bonds. The normalized spacial score (nSPS) is 13.8. The standard InChI is InChI=1S/C33H50N4O8/c1-40-26-20-24(21-27(41-2)32(26)44-5)34-30(38)12-7-9-14-36-16-11-17-37(19-18-36)15-10-8-13-31(39)35-25-22-28(42-3)33(45-6)29(23-25)43-4/h20-23H,7-19H2,1-6H3,(H,34,38)(H,35,39). The van der Waals surface area contributed by atoms with Crippen molar-refractivity contribution >= 4 is 23.2 Å². The zero-order valence-electron chi connectivity index (χ0n) is 27.7. The Balaban J connectivity index is 1.31. The molecule has 45 heavy (non-hydrogen) atoms. The van der Waals surface area contributed by atoms with Gasteiger partial charge < -0.3 is 48.9 Å². The molecule has 1 aliphatic heterocycles. The first kappa shape index (κ1) is 35.6. The summed E-state index contributed by atoms with van der Waals surface area (Å²) in [5.41, 5.74) is 1.22. The number of nitrogens with zero attached hydrogens (tertiary/aromatic N) is 2. The van der Waals surface area contributed by atoms with E-state index >= 15 is 0 Å². The molecule has 0 saturated carbocycles. The molecule has 0 aromatic heterocycles. The van der Waals surface area contributed by atoms with E-state index < -0.39 is 0 Å². The van der Waals surface area contributed by atoms with Crippen molar-refractivity contribution in [2.75, 3.05) is 92.6 Å². The van der Waals surface area contributed by atoms with Crippen LogP contribution in [0.3, 0.4) is 0 Å². The lowest BCUT2D eigenvalue weighted by Gasteiger charge is -2.21. The fraction of sp³-hybridized carbons (Fsp3) is 0.576. The lowest BCUT2D eigenvalue weighted by Crippen LogP contribution is -2.32. The molecule has 12 nitrogen and oxygen atoms in total. The number of carbonyl (C=O) groups excluding carboxylic acids is 2. The maximum Gasteiger partial charge on any atom is 0.224 e. The van der Waals surface area contributed by atoms with E-state index in [0.717, 1.165) is 71.4 Å². The summed E-state index contributed by atoms with van der Waals surface area (Å²) in [6.45, 7) is 6.11. The molecule has 12 heteroatoms. The van der Waals surface area contributed by atoms with Crippen LogP contribution in [0.2, 0.25) is 0 Å². The first-order valence-corrected chi connectivity index (χ1v) is 15.5. The average Bonchev–Trinajstić information content (AvgIpc) is 3.28. The molecule has 1 heterocycles. The minimum Gasteiger partial charge on any atom is -0.493 e. The smallest absolute Gasteiger partial charge is 0.224 e. The van der Waals surface area contributed by atoms with Crippen LogP contribution in [-0.2, 0) is 9.59 Å². The number of carbonyl (C=O) groups is 2. The number of ether oxygens (including phenoxy) is 6. The molecule has 0 bridgehead atoms. The molecule has 0 unspecified atom stereocenters. The molecule has 0 atom stereocenters. The quantitative estimate of drug-likeness (QED) is 0.225. The van der Waals surface area contributed by atoms with Crippen molar-refractivity contribution in [1.29, 1.82) is 0 Å². The highest BCUT2D eigenvalue weighted by Crippen LogP contribution is 2.41. The molecule has 0 spiro atoms. The van der Waals surface area contributed by atoms with Gasteiger partial charge in [-0.15, -0.1) is 0 Å². The maximum atomic E-state index is 12.6. The Kier molecular flexibility index (Phi) is 14.9. The number of methoxy groups -OCH3 is 6. The molecule has 0 aliphatic carbocycles. The summed E-state index contributed by atoms with van der Waals surface area (Å²) in [7, 11) is 9.29. The van der Waals surface area contributed by atoms with E-state index in [1.165, 1.54) is 0 Å². The van der Waals surface area contributed by atoms with Gasteiger partial charge in [0.1, 0.15) is 0 Å². The van der Waals surface area contributed by atoms with Crippen molar-refractivity contribution in [3.63, 3.8) is 0 Å². The van der Waals surface area contributed by atoms with E-state index in [1.54, 1.807) is 66.9 Å². The SMILES string of the molecule is COc1cc(NC(=O)CCCCN2CCCN(CCCCC(=O)Nc3cc(OC)c(OC)c(OC)c3)CC2)cc(OC)c1OC. The van der Waals surface area contributed by atoms with Gasteiger partial charge in [0.05, 0.1) is 42.7 Å². The van der Waals surface area contributed by atoms with Gasteiger partial charge in [-0.1, -0.05) is 0 Å². The number of rotatable bonds is 18. The van der Waals surface area contributed by atoms with Crippen LogP contribution in [0.4, 0.5) is 11.4 Å². The highest BCUT2D eigenvalue weighted by Gasteiger charge is 2.17. The van der Waals surface area contributed by atoms with Gasteiger partial charge in [-0.3, -0.25) is 9.59 Å². The van der Waals surface area contributed by atoms with Gasteiger partial charge in [0.25, 0.3) is 0 Å². The summed E-state index contributed by atoms with van der Waals surface area (Å²) in [5.74, 6) is 2.91. The Labute approximate surface area is 267 Å². The molecular weight excluding hydrogens is 580 g/mol. The van der Waals surface area contributed by atoms with Crippen LogP contribution in [0, 0.1) is 0 Å². The largest absolute Gasteiger partial charge is 0.493 e. The van der Waals surface area contributed by atoms with Crippen LogP contribution in [0.25, 0.3) is 0 Å². The number of hydrogen-bond acceptors (Lipinski definition) is 10. The fourth-order valence-corrected chi connectivity index (χ4v) is 5.47. The van der Waals surface area contributed by atoms with Crippen molar-refractivity contribution in [1.82, 2.24) is 9.80 Å². The summed E-state index contributed by atoms with van der Waals surface area (Å²) in [6, 6.07) is 6.92. The van der Waals surface area contributed by atoms with E-state index in [4.69, 9.17) is 28.4 Å². The van der Waals surface area contributed by atoms with Crippen LogP contribution in [0.5, 0.6) is 34.5 Å². The minimum atomic E-state index is -0.0385. The van der Waals surface area contributed by atoms with E-state index in [9.17, 15) is 9.59 Å². The Morgan fingerprint density at radius 2 is 0.911 bits per heavy atom. The first-order chi connectivity index (χ1) is 21.8. The van der Waals surface area contributed by atoms with Crippen LogP contribution >= 0.6 is 0 Å². The van der Waals surface area contributed by atoms with Crippen molar-refractivity contribution in [3.8, 4) is 34.5 Å². The lowest BCUT2D eigenvalue weighted by atomic mass is 10.2. The molecule has 2 aromatic rings. The van der Waals surface area contributed by atoms with Gasteiger partial charge in [-0.25, -0.2) is 0 Å². The summed E-state index contributed by atoms with van der Waals surface area (Å²) < 4.78 is 32.2. The predicted molar refractivity (Wildman–Crippen MR) is 175 cm³/mol. The van der Waals surface area contributed by atoms with Crippen LogP contribution in [0.1, 0.15) is 44.9 Å². The lowest BCUT2D eigenvalue weighted by molar-refractivity contribution is -0.117. The molecule has 2 aromatic carbocycles. The Morgan fingerprint density at radius 3 is 1.22 bits per heavy atom. The average molecular weight is 631 g/mol. The van der Waals surface area contributed by atoms with E-state index in [1.807, 2.05) is 0 Å². The van der Waals surface area contributed by atoms with Crippen molar-refractivity contribution in [3.05, 3.63) is 24.3 Å². The minimum absolute atomic E-state index is 0.0385. The van der Waals surface area contributed by atoms with Crippen molar-refractivity contribution < 1.29 is 38.0 Å². The number of hydrogen-bond donors (Lipinski definition) is 2. The van der Waals surface area contributed by atoms with Crippen LogP contribution < -0.4 is 39.1 Å². The molecular formula is C33H50N4O8. The number of anilines is 2. The maximum absolute atomic E-state index is 12.6. The van der Waals surface area contributed by atoms with Gasteiger partial charge in [0.15, 0.2) is 23.0 Å². The second kappa shape index (κ2) is 18.8. The summed E-state index contributed by atoms with van der Waals surface area (Å²) in [4.78, 5) is 30.1. The molecule has 3 rings (SSSR count). The molecule has 2 N–H and O–H groups in total. The second-order valence-electron chi connectivity index (χ2n) is 10.9. The third-order valence-electron chi connectivity index (χ3n) is 7.83. The van der Waals surface area contributed by atoms with Gasteiger partial charge >= 0.3 is 0 Å². The topological polar surface area (TPSA) is 120 Å². The van der Waals surface area contributed by atoms with Crippen LogP contribution in [-0.4, -0.2) is 104 Å². The predicted octanol–water partition coefficient (Wildman–Crippen LogP) is 4.66. The molecule has 1 fully saturated rings. The fourth-order valence-electron chi connectivity index (χ4n) is 5.47. The second-order valence-corrected chi connectivity index (χ2v) is 10.9. The number of nitrogens with one attached hydrogen (secondary N) is 2. The zero-order valence-corrected chi connectivity index (χ0v) is 27.7. The number of amides is 2. The number of benzene rings is 2. The molecule has 1 aliphatic rings. The van der Waals surface area contributed by atoms with E-state index in [-0.39, 0.29) is 11.8 Å². The highest BCUT2D eigenvalue weighted by molar-refractivity contribution is 5.92. The Bertz CT molecular complexity index is 1100. The van der Waals surface area contributed by atoms with Crippen LogP contribution in [0.15, 0.2) is 24.3 Å². The van der Waals surface area contributed by atoms with Crippen molar-refractivity contribution in [2.45, 2.75) is 44.9 Å². The Morgan fingerprint density at radius 1 is 0.556 bits per heavy atom. The van der Waals surface area contributed by atoms with Gasteiger partial charge in [-0.05, 0) is 58.3 Å². The van der Waals surface area contributed by atoms with Crippen molar-refractivity contribution in [2.24, 2.45) is 0 Å². The molecule has 1 saturated heterocycles. The number of unbranched alkanes of at least 4 members (excludes halogenated alkanes) is 2. The highest BCUT2D eigenvalue weighted by atomic mass is 16.5. The first-order valence-electron chi connectivity index (χ1n) is 15.5. The Hall–Kier alpha value is -3.90. The summed E-state index contributed by atoms with van der Waals surface area (Å²) in [6.07, 6.45) is 5.56. The van der Waals surface area contributed by atoms with E-state index in [2.05, 4.69) is 20.4 Å². The summed E-state index contributed by atoms with van der Waals surface area (Å²) in [5, 5.41) is 5.88. The third kappa shape index (κ3) is 10.9. The zero-order chi connectivity index (χ0) is 32.6. The molecule has 250 valence electrons. The van der Waals surface area contributed by atoms with Gasteiger partial charge in [0.2, 0.25) is 23.3 Å². The van der Waals surface area contributed by atoms with Gasteiger partial charge in [-0.2, -0.15) is 0 Å². The molecule has 0 radical (unpaired) electrons. The van der Waals surface area contributed by atoms with Gasteiger partial charge in [0, 0.05) is 61.6 Å². The third-order valence-corrected chi connectivity index (χ3v) is 7.83. The van der Waals surface area contributed by atoms with E-state index in [0.29, 0.717) is 58.7 Å². The summed E-state index contributed by atoms with van der Waals surface area (Å²) >= 11 is 0.